The van der Waals surface area contributed by atoms with E-state index in [1.54, 1.807) is 18.4 Å². The van der Waals surface area contributed by atoms with E-state index in [1.165, 1.54) is 12.1 Å². The molecule has 0 unspecified atom stereocenters. The molecule has 3 nitrogen and oxygen atoms in total. The molecule has 0 N–H and O–H groups in total. The van der Waals surface area contributed by atoms with Crippen LogP contribution >= 0.6 is 19.8 Å². The predicted octanol–water partition coefficient (Wildman–Crippen LogP) is 1.51. The Labute approximate surface area is 70.6 Å². The van der Waals surface area contributed by atoms with E-state index in [4.69, 9.17) is 0 Å². The van der Waals surface area contributed by atoms with Crippen molar-refractivity contribution in [3.63, 3.8) is 0 Å². The summed E-state index contributed by atoms with van der Waals surface area (Å²) in [7, 11) is 0. The van der Waals surface area contributed by atoms with E-state index in [0.717, 1.165) is 0 Å². The minimum atomic E-state index is -3.51. The Morgan fingerprint density at radius 1 is 1.18 bits per heavy atom. The first-order chi connectivity index (χ1) is 5.25. The van der Waals surface area contributed by atoms with Gasteiger partial charge in [-0.3, -0.25) is 4.79 Å². The van der Waals surface area contributed by atoms with Crippen molar-refractivity contribution < 1.29 is 10.9 Å². The highest BCUT2D eigenvalue weighted by Gasteiger charge is 2.04. The molecule has 0 aromatic heterocycles. The van der Waals surface area contributed by atoms with Gasteiger partial charge in [-0.15, -0.1) is 0 Å². The largest absolute Gasteiger partial charge is 0.341 e. The average molecular weight is 263 g/mol. The summed E-state index contributed by atoms with van der Waals surface area (Å²) in [4.78, 5) is 10.2. The van der Waals surface area contributed by atoms with Crippen molar-refractivity contribution in [2.24, 2.45) is 0 Å². The van der Waals surface area contributed by atoms with E-state index in [9.17, 15) is 10.9 Å². The minimum absolute atomic E-state index is 0.117. The van der Waals surface area contributed by atoms with Crippen molar-refractivity contribution in [3.8, 4) is 0 Å². The Morgan fingerprint density at radius 3 is 2.27 bits per heavy atom. The highest BCUT2D eigenvalue weighted by Crippen LogP contribution is 2.19. The summed E-state index contributed by atoms with van der Waals surface area (Å²) < 4.78 is 21.2. The van der Waals surface area contributed by atoms with Crippen molar-refractivity contribution in [2.45, 2.75) is 0 Å². The molecule has 1 rings (SSSR count). The minimum Gasteiger partial charge on any atom is -0.285 e. The Balaban J connectivity index is 3.34. The molecule has 0 saturated carbocycles. The van der Waals surface area contributed by atoms with Gasteiger partial charge < -0.3 is 0 Å². The van der Waals surface area contributed by atoms with Crippen LogP contribution in [0, 0.1) is 3.57 Å². The van der Waals surface area contributed by atoms with Gasteiger partial charge in [0.15, 0.2) is 0 Å². The van der Waals surface area contributed by atoms with E-state index in [0.29, 0.717) is 0 Å². The molecular formula is C7H4IO3. The fraction of sp³-hybridized carbons (Fsp3) is 0. The molecule has 0 aliphatic rings. The lowest BCUT2D eigenvalue weighted by Crippen LogP contribution is -1.84. The zero-order valence-electron chi connectivity index (χ0n) is 5.41. The Kier molecular flexibility index (Phi) is 2.70. The van der Waals surface area contributed by atoms with Gasteiger partial charge in [-0.2, -0.15) is 0 Å². The maximum atomic E-state index is 10.5. The fourth-order valence-corrected chi connectivity index (χ4v) is 1.94. The predicted molar refractivity (Wildman–Crippen MR) is 45.3 cm³/mol. The number of rotatable bonds is 2. The summed E-state index contributed by atoms with van der Waals surface area (Å²) in [5, 5.41) is 0. The van der Waals surface area contributed by atoms with Crippen LogP contribution in [0.25, 0.3) is 0 Å². The molecule has 0 saturated heterocycles. The van der Waals surface area contributed by atoms with Crippen LogP contribution in [0.1, 0.15) is 5.56 Å². The molecular weight excluding hydrogens is 259 g/mol. The lowest BCUT2D eigenvalue weighted by Gasteiger charge is -1.89. The molecule has 0 heterocycles. The maximum absolute atomic E-state index is 10.5. The van der Waals surface area contributed by atoms with Gasteiger partial charge in [-0.25, -0.2) is 6.14 Å². The first-order valence-corrected chi connectivity index (χ1v) is 5.62. The number of hydrogen-bond donors (Lipinski definition) is 0. The van der Waals surface area contributed by atoms with Gasteiger partial charge in [-0.1, -0.05) is 12.1 Å². The summed E-state index contributed by atoms with van der Waals surface area (Å²) in [5.41, 5.74) is 0.128. The second kappa shape index (κ2) is 3.56. The van der Waals surface area contributed by atoms with Crippen LogP contribution in [-0.2, 0) is 10.9 Å². The van der Waals surface area contributed by atoms with Crippen molar-refractivity contribution in [2.75, 3.05) is 0 Å². The van der Waals surface area contributed by atoms with Crippen LogP contribution in [0.4, 0.5) is 0 Å². The van der Waals surface area contributed by atoms with Crippen molar-refractivity contribution >= 4 is 26.1 Å². The maximum Gasteiger partial charge on any atom is 0.341 e. The molecule has 0 amide bonds. The van der Waals surface area contributed by atoms with Gasteiger partial charge in [0.1, 0.15) is 0 Å². The van der Waals surface area contributed by atoms with E-state index in [1.807, 2.05) is 0 Å². The van der Waals surface area contributed by atoms with Gasteiger partial charge in [0, 0.05) is 5.56 Å². The number of benzene rings is 1. The van der Waals surface area contributed by atoms with Crippen molar-refractivity contribution in [1.29, 1.82) is 0 Å². The van der Waals surface area contributed by atoms with E-state index < -0.39 is 19.8 Å². The Morgan fingerprint density at radius 2 is 1.82 bits per heavy atom. The molecule has 0 aliphatic heterocycles. The van der Waals surface area contributed by atoms with Gasteiger partial charge in [0.25, 0.3) is 0 Å². The summed E-state index contributed by atoms with van der Waals surface area (Å²) in [6.45, 7) is 0. The third-order valence-corrected chi connectivity index (χ3v) is 3.04. The quantitative estimate of drug-likeness (QED) is 0.760. The van der Waals surface area contributed by atoms with Crippen molar-refractivity contribution in [1.82, 2.24) is 0 Å². The molecule has 1 aromatic rings. The average Bonchev–Trinajstić information content (AvgIpc) is 2.04. The van der Waals surface area contributed by atoms with Crippen LogP contribution < -0.4 is 0 Å². The smallest absolute Gasteiger partial charge is 0.285 e. The first-order valence-electron chi connectivity index (χ1n) is 2.78. The molecule has 1 radical (unpaired) electrons. The molecule has 11 heavy (non-hydrogen) atoms. The third-order valence-electron chi connectivity index (χ3n) is 1.15. The van der Waals surface area contributed by atoms with Crippen LogP contribution in [0.3, 0.4) is 0 Å². The van der Waals surface area contributed by atoms with E-state index in [-0.39, 0.29) is 9.13 Å². The van der Waals surface area contributed by atoms with Crippen molar-refractivity contribution in [3.05, 3.63) is 33.4 Å². The zero-order valence-corrected chi connectivity index (χ0v) is 7.57. The molecule has 0 spiro atoms. The van der Waals surface area contributed by atoms with Gasteiger partial charge in [-0.05, 0) is 12.1 Å². The number of carbonyl (C=O) groups excluding carboxylic acids is 1. The summed E-state index contributed by atoms with van der Waals surface area (Å²) >= 11 is -3.51. The van der Waals surface area contributed by atoms with Crippen LogP contribution in [0.15, 0.2) is 24.3 Å². The summed E-state index contributed by atoms with van der Waals surface area (Å²) in [5.74, 6) is 0. The molecule has 0 bridgehead atoms. The lowest BCUT2D eigenvalue weighted by atomic mass is 10.2. The van der Waals surface area contributed by atoms with Crippen LogP contribution in [-0.4, -0.2) is 6.29 Å². The highest BCUT2D eigenvalue weighted by atomic mass is 127. The SMILES string of the molecule is O=[C]c1ccccc1I(=O)=O. The second-order valence-electron chi connectivity index (χ2n) is 1.80. The summed E-state index contributed by atoms with van der Waals surface area (Å²) in [6.07, 6.45) is 1.57. The Bertz CT molecular complexity index is 333. The standard InChI is InChI=1S/C7H4IO3/c9-5-6-3-1-2-4-7(6)8(10)11/h1-4H. The van der Waals surface area contributed by atoms with Crippen LogP contribution in [0.5, 0.6) is 0 Å². The normalized spacial score (nSPS) is 9.91. The highest BCUT2D eigenvalue weighted by molar-refractivity contribution is 14.2. The molecule has 0 atom stereocenters. The van der Waals surface area contributed by atoms with Gasteiger partial charge in [0.2, 0.25) is 6.29 Å². The molecule has 4 heteroatoms. The van der Waals surface area contributed by atoms with E-state index >= 15 is 0 Å². The lowest BCUT2D eigenvalue weighted by molar-refractivity contribution is 0.562. The zero-order chi connectivity index (χ0) is 8.27. The number of hydrogen-bond acceptors (Lipinski definition) is 3. The molecule has 0 fully saturated rings. The topological polar surface area (TPSA) is 51.2 Å². The molecule has 1 aromatic carbocycles. The molecule has 0 aliphatic carbocycles. The summed E-state index contributed by atoms with van der Waals surface area (Å²) in [6, 6.07) is 6.02. The van der Waals surface area contributed by atoms with E-state index in [2.05, 4.69) is 0 Å². The van der Waals surface area contributed by atoms with Crippen LogP contribution in [0.2, 0.25) is 0 Å². The Hall–Kier alpha value is -0.780. The fourth-order valence-electron chi connectivity index (χ4n) is 0.679. The van der Waals surface area contributed by atoms with Gasteiger partial charge in [0.05, 0.1) is 3.57 Å². The monoisotopic (exact) mass is 263 g/mol. The third kappa shape index (κ3) is 1.83. The van der Waals surface area contributed by atoms with Gasteiger partial charge >= 0.3 is 19.8 Å². The first kappa shape index (κ1) is 8.32. The molecule has 57 valence electrons. The second-order valence-corrected chi connectivity index (χ2v) is 4.20. The number of halogens is 1.